The number of hydrogen-bond acceptors (Lipinski definition) is 3. The Balaban J connectivity index is 2.39. The van der Waals surface area contributed by atoms with Gasteiger partial charge in [0, 0.05) is 0 Å². The van der Waals surface area contributed by atoms with Gasteiger partial charge in [0.1, 0.15) is 0 Å². The van der Waals surface area contributed by atoms with Crippen LogP contribution in [0.15, 0.2) is 30.3 Å². The van der Waals surface area contributed by atoms with Crippen molar-refractivity contribution in [1.82, 2.24) is 4.90 Å². The molecule has 0 aromatic heterocycles. The van der Waals surface area contributed by atoms with Crippen LogP contribution in [0.25, 0.3) is 0 Å². The van der Waals surface area contributed by atoms with Gasteiger partial charge in [-0.15, -0.1) is 0 Å². The number of nitrogens with zero attached hydrogens (tertiary/aromatic N) is 1. The maximum atomic E-state index is 12.2. The highest BCUT2D eigenvalue weighted by molar-refractivity contribution is 5.79. The van der Waals surface area contributed by atoms with Crippen LogP contribution in [0.5, 0.6) is 0 Å². The first-order valence-electron chi connectivity index (χ1n) is 6.41. The predicted molar refractivity (Wildman–Crippen MR) is 71.2 cm³/mol. The van der Waals surface area contributed by atoms with Gasteiger partial charge in [-0.3, -0.25) is 4.79 Å². The summed E-state index contributed by atoms with van der Waals surface area (Å²) in [6, 6.07) is 10.3. The quantitative estimate of drug-likeness (QED) is 0.766. The molecule has 18 heavy (non-hydrogen) atoms. The summed E-state index contributed by atoms with van der Waals surface area (Å²) in [7, 11) is 5.54. The molecule has 0 saturated heterocycles. The van der Waals surface area contributed by atoms with Crippen LogP contribution in [0, 0.1) is 5.41 Å². The fraction of sp³-hybridized carbons (Fsp3) is 0.533. The molecule has 1 fully saturated rings. The molecule has 0 spiro atoms. The highest BCUT2D eigenvalue weighted by Gasteiger charge is 2.52. The molecule has 0 heterocycles. The molecule has 98 valence electrons. The minimum absolute atomic E-state index is 0.0729. The average Bonchev–Trinajstić information content (AvgIpc) is 2.33. The van der Waals surface area contributed by atoms with Crippen LogP contribution in [0.3, 0.4) is 0 Å². The van der Waals surface area contributed by atoms with Gasteiger partial charge in [-0.2, -0.15) is 0 Å². The zero-order valence-corrected chi connectivity index (χ0v) is 11.3. The molecule has 2 rings (SSSR count). The number of methoxy groups -OCH3 is 1. The van der Waals surface area contributed by atoms with E-state index in [9.17, 15) is 4.79 Å². The molecule has 1 atom stereocenters. The maximum Gasteiger partial charge on any atom is 0.313 e. The maximum absolute atomic E-state index is 12.2. The second kappa shape index (κ2) is 5.11. The van der Waals surface area contributed by atoms with E-state index in [2.05, 4.69) is 17.0 Å². The molecule has 3 heteroatoms. The van der Waals surface area contributed by atoms with Gasteiger partial charge >= 0.3 is 5.97 Å². The van der Waals surface area contributed by atoms with Crippen molar-refractivity contribution < 1.29 is 9.53 Å². The molecule has 0 amide bonds. The van der Waals surface area contributed by atoms with Crippen molar-refractivity contribution in [3.8, 4) is 0 Å². The van der Waals surface area contributed by atoms with Gasteiger partial charge in [0.2, 0.25) is 0 Å². The normalized spacial score (nSPS) is 19.1. The van der Waals surface area contributed by atoms with E-state index in [0.717, 1.165) is 19.3 Å². The Morgan fingerprint density at radius 1 is 1.28 bits per heavy atom. The summed E-state index contributed by atoms with van der Waals surface area (Å²) in [4.78, 5) is 14.3. The summed E-state index contributed by atoms with van der Waals surface area (Å²) in [5.41, 5.74) is 0.826. The lowest BCUT2D eigenvalue weighted by molar-refractivity contribution is -0.165. The zero-order valence-electron chi connectivity index (χ0n) is 11.3. The number of carbonyl (C=O) groups excluding carboxylic acids is 1. The highest BCUT2D eigenvalue weighted by Crippen LogP contribution is 2.52. The van der Waals surface area contributed by atoms with Crippen LogP contribution in [-0.4, -0.2) is 32.1 Å². The molecule has 1 aliphatic rings. The molecule has 0 bridgehead atoms. The molecule has 0 aliphatic heterocycles. The number of carbonyl (C=O) groups is 1. The molecule has 1 aliphatic carbocycles. The smallest absolute Gasteiger partial charge is 0.313 e. The van der Waals surface area contributed by atoms with Gasteiger partial charge in [0.15, 0.2) is 0 Å². The average molecular weight is 247 g/mol. The first-order chi connectivity index (χ1) is 8.62. The summed E-state index contributed by atoms with van der Waals surface area (Å²) in [6.07, 6.45) is 2.93. The monoisotopic (exact) mass is 247 g/mol. The van der Waals surface area contributed by atoms with Gasteiger partial charge in [-0.25, -0.2) is 0 Å². The number of rotatable bonds is 4. The second-order valence-electron chi connectivity index (χ2n) is 5.28. The van der Waals surface area contributed by atoms with Crippen LogP contribution in [0.1, 0.15) is 30.9 Å². The van der Waals surface area contributed by atoms with E-state index in [1.807, 2.05) is 32.3 Å². The first-order valence-corrected chi connectivity index (χ1v) is 6.41. The minimum Gasteiger partial charge on any atom is -0.469 e. The molecule has 1 aromatic carbocycles. The lowest BCUT2D eigenvalue weighted by Crippen LogP contribution is -2.48. The van der Waals surface area contributed by atoms with E-state index < -0.39 is 0 Å². The van der Waals surface area contributed by atoms with E-state index in [-0.39, 0.29) is 17.4 Å². The van der Waals surface area contributed by atoms with Crippen molar-refractivity contribution in [3.05, 3.63) is 35.9 Å². The number of esters is 1. The summed E-state index contributed by atoms with van der Waals surface area (Å²) in [5, 5.41) is 0. The van der Waals surface area contributed by atoms with Crippen molar-refractivity contribution in [2.75, 3.05) is 21.2 Å². The van der Waals surface area contributed by atoms with Crippen LogP contribution >= 0.6 is 0 Å². The third kappa shape index (κ3) is 2.03. The van der Waals surface area contributed by atoms with Crippen LogP contribution in [-0.2, 0) is 9.53 Å². The second-order valence-corrected chi connectivity index (χ2v) is 5.28. The standard InChI is InChI=1S/C15H21NO2/c1-16(2)13(12-8-5-4-6-9-12)15(10-7-11-15)14(17)18-3/h4-6,8-9,13H,7,10-11H2,1-3H3. The molecular formula is C15H21NO2. The van der Waals surface area contributed by atoms with Crippen molar-refractivity contribution in [2.24, 2.45) is 5.41 Å². The van der Waals surface area contributed by atoms with E-state index in [1.165, 1.54) is 12.7 Å². The third-order valence-electron chi connectivity index (χ3n) is 3.99. The van der Waals surface area contributed by atoms with Crippen molar-refractivity contribution >= 4 is 5.97 Å². The largest absolute Gasteiger partial charge is 0.469 e. The van der Waals surface area contributed by atoms with E-state index in [1.54, 1.807) is 0 Å². The third-order valence-corrected chi connectivity index (χ3v) is 3.99. The molecule has 3 nitrogen and oxygen atoms in total. The highest BCUT2D eigenvalue weighted by atomic mass is 16.5. The number of hydrogen-bond donors (Lipinski definition) is 0. The van der Waals surface area contributed by atoms with E-state index >= 15 is 0 Å². The van der Waals surface area contributed by atoms with Crippen LogP contribution in [0.2, 0.25) is 0 Å². The molecule has 1 aromatic rings. The van der Waals surface area contributed by atoms with E-state index in [4.69, 9.17) is 4.74 Å². The van der Waals surface area contributed by atoms with Crippen molar-refractivity contribution in [2.45, 2.75) is 25.3 Å². The Hall–Kier alpha value is -1.35. The van der Waals surface area contributed by atoms with Gasteiger partial charge in [0.25, 0.3) is 0 Å². The Bertz CT molecular complexity index is 410. The minimum atomic E-state index is -0.362. The Kier molecular flexibility index (Phi) is 3.71. The van der Waals surface area contributed by atoms with Crippen molar-refractivity contribution in [3.63, 3.8) is 0 Å². The number of ether oxygens (including phenoxy) is 1. The van der Waals surface area contributed by atoms with Gasteiger partial charge < -0.3 is 9.64 Å². The molecule has 0 radical (unpaired) electrons. The lowest BCUT2D eigenvalue weighted by Gasteiger charge is -2.47. The van der Waals surface area contributed by atoms with Crippen LogP contribution in [0.4, 0.5) is 0 Å². The molecule has 0 N–H and O–H groups in total. The number of benzene rings is 1. The zero-order chi connectivity index (χ0) is 13.2. The molecular weight excluding hydrogens is 226 g/mol. The van der Waals surface area contributed by atoms with Gasteiger partial charge in [-0.1, -0.05) is 36.8 Å². The summed E-state index contributed by atoms with van der Waals surface area (Å²) in [5.74, 6) is -0.0729. The van der Waals surface area contributed by atoms with Gasteiger partial charge in [-0.05, 0) is 32.5 Å². The fourth-order valence-electron chi connectivity index (χ4n) is 3.10. The van der Waals surface area contributed by atoms with E-state index in [0.29, 0.717) is 0 Å². The lowest BCUT2D eigenvalue weighted by atomic mass is 9.62. The topological polar surface area (TPSA) is 29.5 Å². The summed E-state index contributed by atoms with van der Waals surface area (Å²) >= 11 is 0. The molecule has 1 unspecified atom stereocenters. The summed E-state index contributed by atoms with van der Waals surface area (Å²) < 4.78 is 5.04. The SMILES string of the molecule is COC(=O)C1(C(c2ccccc2)N(C)C)CCC1. The first kappa shape index (κ1) is 13.1. The Morgan fingerprint density at radius 2 is 1.89 bits per heavy atom. The molecule has 1 saturated carbocycles. The Labute approximate surface area is 109 Å². The van der Waals surface area contributed by atoms with Crippen molar-refractivity contribution in [1.29, 1.82) is 0 Å². The van der Waals surface area contributed by atoms with Crippen LogP contribution < -0.4 is 0 Å². The van der Waals surface area contributed by atoms with Gasteiger partial charge in [0.05, 0.1) is 18.6 Å². The fourth-order valence-corrected chi connectivity index (χ4v) is 3.10. The predicted octanol–water partition coefficient (Wildman–Crippen LogP) is 2.63. The Morgan fingerprint density at radius 3 is 2.28 bits per heavy atom. The summed E-state index contributed by atoms with van der Waals surface area (Å²) in [6.45, 7) is 0.